The quantitative estimate of drug-likeness (QED) is 0.925. The molecule has 1 amide bonds. The summed E-state index contributed by atoms with van der Waals surface area (Å²) >= 11 is 0. The standard InChI is InChI=1S/C17H23N3O3/c1-17(2,3)23-16(21)20-13-5-7-14(8-6-13)22-15-9-4-12(10-18)11-19-15/h4,9,11,13-14H,5-8H2,1-3H3,(H,20,21)/t13-,14-. The third kappa shape index (κ3) is 5.78. The lowest BCUT2D eigenvalue weighted by Gasteiger charge is -2.30. The van der Waals surface area contributed by atoms with E-state index in [1.165, 1.54) is 6.20 Å². The zero-order valence-electron chi connectivity index (χ0n) is 13.8. The van der Waals surface area contributed by atoms with Crippen LogP contribution in [-0.2, 0) is 4.74 Å². The highest BCUT2D eigenvalue weighted by molar-refractivity contribution is 5.68. The molecule has 1 N–H and O–H groups in total. The van der Waals surface area contributed by atoms with Gasteiger partial charge in [-0.05, 0) is 52.5 Å². The molecule has 0 aromatic carbocycles. The van der Waals surface area contributed by atoms with Crippen LogP contribution in [0.3, 0.4) is 0 Å². The normalized spacial score (nSPS) is 21.1. The van der Waals surface area contributed by atoms with Gasteiger partial charge in [-0.1, -0.05) is 0 Å². The van der Waals surface area contributed by atoms with E-state index in [-0.39, 0.29) is 18.2 Å². The Balaban J connectivity index is 1.75. The summed E-state index contributed by atoms with van der Waals surface area (Å²) in [6.07, 6.45) is 4.62. The fraction of sp³-hybridized carbons (Fsp3) is 0.588. The minimum absolute atomic E-state index is 0.0899. The van der Waals surface area contributed by atoms with Gasteiger partial charge in [0.2, 0.25) is 5.88 Å². The number of ether oxygens (including phenoxy) is 2. The number of carbonyl (C=O) groups is 1. The van der Waals surface area contributed by atoms with Crippen LogP contribution in [0.25, 0.3) is 0 Å². The smallest absolute Gasteiger partial charge is 0.407 e. The van der Waals surface area contributed by atoms with Crippen LogP contribution in [0.1, 0.15) is 52.0 Å². The SMILES string of the molecule is CC(C)(C)OC(=O)N[C@H]1CC[C@H](Oc2ccc(C#N)cn2)CC1. The van der Waals surface area contributed by atoms with Crippen molar-refractivity contribution in [1.82, 2.24) is 10.3 Å². The maximum Gasteiger partial charge on any atom is 0.407 e. The third-order valence-corrected chi connectivity index (χ3v) is 3.55. The van der Waals surface area contributed by atoms with Gasteiger partial charge >= 0.3 is 6.09 Å². The van der Waals surface area contributed by atoms with Crippen molar-refractivity contribution in [3.05, 3.63) is 23.9 Å². The highest BCUT2D eigenvalue weighted by Crippen LogP contribution is 2.23. The average Bonchev–Trinajstić information content (AvgIpc) is 2.48. The van der Waals surface area contributed by atoms with Gasteiger partial charge in [-0.15, -0.1) is 0 Å². The molecule has 0 spiro atoms. The molecule has 1 heterocycles. The average molecular weight is 317 g/mol. The van der Waals surface area contributed by atoms with Gasteiger partial charge in [0.05, 0.1) is 5.56 Å². The molecule has 1 aromatic rings. The Morgan fingerprint density at radius 1 is 1.30 bits per heavy atom. The van der Waals surface area contributed by atoms with Gasteiger partial charge < -0.3 is 14.8 Å². The molecule has 6 nitrogen and oxygen atoms in total. The van der Waals surface area contributed by atoms with Crippen molar-refractivity contribution in [2.75, 3.05) is 0 Å². The number of nitrogens with zero attached hydrogens (tertiary/aromatic N) is 2. The summed E-state index contributed by atoms with van der Waals surface area (Å²) in [5.41, 5.74) is 0.0358. The highest BCUT2D eigenvalue weighted by Gasteiger charge is 2.25. The summed E-state index contributed by atoms with van der Waals surface area (Å²) in [5.74, 6) is 0.535. The van der Waals surface area contributed by atoms with E-state index in [1.807, 2.05) is 26.8 Å². The predicted octanol–water partition coefficient (Wildman–Crippen LogP) is 3.17. The predicted molar refractivity (Wildman–Crippen MR) is 85.0 cm³/mol. The maximum absolute atomic E-state index is 11.8. The Kier molecular flexibility index (Phi) is 5.43. The van der Waals surface area contributed by atoms with E-state index < -0.39 is 5.60 Å². The Hall–Kier alpha value is -2.29. The van der Waals surface area contributed by atoms with Gasteiger partial charge in [0.15, 0.2) is 0 Å². The van der Waals surface area contributed by atoms with E-state index >= 15 is 0 Å². The second-order valence-electron chi connectivity index (χ2n) is 6.73. The molecule has 1 fully saturated rings. The summed E-state index contributed by atoms with van der Waals surface area (Å²) in [7, 11) is 0. The number of pyridine rings is 1. The van der Waals surface area contributed by atoms with Crippen LogP contribution in [0, 0.1) is 11.3 Å². The lowest BCUT2D eigenvalue weighted by Crippen LogP contribution is -2.42. The molecule has 0 bridgehead atoms. The van der Waals surface area contributed by atoms with Crippen LogP contribution in [0.5, 0.6) is 5.88 Å². The molecule has 0 radical (unpaired) electrons. The monoisotopic (exact) mass is 317 g/mol. The summed E-state index contributed by atoms with van der Waals surface area (Å²) < 4.78 is 11.1. The van der Waals surface area contributed by atoms with Crippen LogP contribution < -0.4 is 10.1 Å². The number of amides is 1. The lowest BCUT2D eigenvalue weighted by molar-refractivity contribution is 0.0469. The first-order valence-electron chi connectivity index (χ1n) is 7.88. The van der Waals surface area contributed by atoms with E-state index in [4.69, 9.17) is 14.7 Å². The summed E-state index contributed by atoms with van der Waals surface area (Å²) in [4.78, 5) is 15.9. The molecule has 0 aliphatic heterocycles. The fourth-order valence-corrected chi connectivity index (χ4v) is 2.49. The molecular formula is C17H23N3O3. The zero-order chi connectivity index (χ0) is 16.9. The number of aromatic nitrogens is 1. The molecule has 1 aliphatic carbocycles. The van der Waals surface area contributed by atoms with Crippen LogP contribution in [0.2, 0.25) is 0 Å². The lowest BCUT2D eigenvalue weighted by atomic mass is 9.93. The Morgan fingerprint density at radius 3 is 2.52 bits per heavy atom. The summed E-state index contributed by atoms with van der Waals surface area (Å²) in [6.45, 7) is 5.55. The van der Waals surface area contributed by atoms with E-state index in [9.17, 15) is 4.79 Å². The number of nitrogens with one attached hydrogen (secondary N) is 1. The molecule has 2 rings (SSSR count). The number of alkyl carbamates (subject to hydrolysis) is 1. The first kappa shape index (κ1) is 17.1. The fourth-order valence-electron chi connectivity index (χ4n) is 2.49. The summed E-state index contributed by atoms with van der Waals surface area (Å²) in [5, 5.41) is 11.7. The van der Waals surface area contributed by atoms with Crippen LogP contribution >= 0.6 is 0 Å². The van der Waals surface area contributed by atoms with E-state index in [0.717, 1.165) is 25.7 Å². The number of carbonyl (C=O) groups excluding carboxylic acids is 1. The van der Waals surface area contributed by atoms with E-state index in [0.29, 0.717) is 11.4 Å². The van der Waals surface area contributed by atoms with Crippen molar-refractivity contribution < 1.29 is 14.3 Å². The van der Waals surface area contributed by atoms with Crippen LogP contribution in [0.4, 0.5) is 4.79 Å². The van der Waals surface area contributed by atoms with Gasteiger partial charge in [0.1, 0.15) is 17.8 Å². The topological polar surface area (TPSA) is 84.2 Å². The molecule has 1 saturated carbocycles. The molecule has 124 valence electrons. The van der Waals surface area contributed by atoms with Crippen molar-refractivity contribution >= 4 is 6.09 Å². The molecular weight excluding hydrogens is 294 g/mol. The maximum atomic E-state index is 11.8. The number of hydrogen-bond acceptors (Lipinski definition) is 5. The Morgan fingerprint density at radius 2 is 2.00 bits per heavy atom. The number of rotatable bonds is 3. The molecule has 6 heteroatoms. The van der Waals surface area contributed by atoms with Crippen molar-refractivity contribution in [2.45, 2.75) is 64.2 Å². The van der Waals surface area contributed by atoms with Crippen molar-refractivity contribution in [3.63, 3.8) is 0 Å². The van der Waals surface area contributed by atoms with Gasteiger partial charge in [-0.2, -0.15) is 5.26 Å². The molecule has 1 aromatic heterocycles. The molecule has 23 heavy (non-hydrogen) atoms. The first-order chi connectivity index (χ1) is 10.9. The third-order valence-electron chi connectivity index (χ3n) is 3.55. The summed E-state index contributed by atoms with van der Waals surface area (Å²) in [6, 6.07) is 5.56. The van der Waals surface area contributed by atoms with Gasteiger partial charge in [0, 0.05) is 18.3 Å². The zero-order valence-corrected chi connectivity index (χ0v) is 13.8. The van der Waals surface area contributed by atoms with E-state index in [1.54, 1.807) is 12.1 Å². The van der Waals surface area contributed by atoms with Gasteiger partial charge in [-0.3, -0.25) is 0 Å². The second kappa shape index (κ2) is 7.32. The van der Waals surface area contributed by atoms with Crippen LogP contribution in [-0.4, -0.2) is 28.8 Å². The Labute approximate surface area is 136 Å². The minimum atomic E-state index is -0.481. The van der Waals surface area contributed by atoms with Crippen molar-refractivity contribution in [1.29, 1.82) is 5.26 Å². The first-order valence-corrected chi connectivity index (χ1v) is 7.88. The Bertz CT molecular complexity index is 564. The molecule has 1 aliphatic rings. The van der Waals surface area contributed by atoms with Crippen LogP contribution in [0.15, 0.2) is 18.3 Å². The molecule has 0 unspecified atom stereocenters. The number of nitriles is 1. The van der Waals surface area contributed by atoms with Gasteiger partial charge in [0.25, 0.3) is 0 Å². The highest BCUT2D eigenvalue weighted by atomic mass is 16.6. The number of hydrogen-bond donors (Lipinski definition) is 1. The molecule has 0 saturated heterocycles. The van der Waals surface area contributed by atoms with E-state index in [2.05, 4.69) is 10.3 Å². The van der Waals surface area contributed by atoms with Crippen molar-refractivity contribution in [2.24, 2.45) is 0 Å². The largest absolute Gasteiger partial charge is 0.474 e. The van der Waals surface area contributed by atoms with Crippen molar-refractivity contribution in [3.8, 4) is 11.9 Å². The van der Waals surface area contributed by atoms with Gasteiger partial charge in [-0.25, -0.2) is 9.78 Å². The molecule has 0 atom stereocenters. The second-order valence-corrected chi connectivity index (χ2v) is 6.73. The minimum Gasteiger partial charge on any atom is -0.474 e.